The number of nitrogens with one attached hydrogen (secondary N) is 5. The number of ketones is 1. The van der Waals surface area contributed by atoms with E-state index in [9.17, 15) is 24.0 Å². The van der Waals surface area contributed by atoms with Crippen molar-refractivity contribution in [1.82, 2.24) is 20.9 Å². The van der Waals surface area contributed by atoms with Crippen LogP contribution >= 0.6 is 0 Å². The van der Waals surface area contributed by atoms with Gasteiger partial charge in [-0.1, -0.05) is 48.5 Å². The van der Waals surface area contributed by atoms with Crippen molar-refractivity contribution in [1.29, 1.82) is 5.41 Å². The number of aromatic amines is 1. The summed E-state index contributed by atoms with van der Waals surface area (Å²) in [6, 6.07) is 13.2. The molecular formula is C29H33N5O6. The van der Waals surface area contributed by atoms with Crippen molar-refractivity contribution in [3.05, 3.63) is 71.9 Å². The maximum atomic E-state index is 13.4. The number of methoxy groups -OCH3 is 1. The van der Waals surface area contributed by atoms with Crippen LogP contribution in [0.4, 0.5) is 0 Å². The number of rotatable bonds is 14. The van der Waals surface area contributed by atoms with Crippen LogP contribution in [0.15, 0.2) is 60.8 Å². The number of amides is 3. The van der Waals surface area contributed by atoms with Crippen LogP contribution in [-0.2, 0) is 41.6 Å². The first kappa shape index (κ1) is 29.8. The zero-order chi connectivity index (χ0) is 29.1. The highest BCUT2D eigenvalue weighted by molar-refractivity contribution is 6.26. The molecule has 3 amide bonds. The van der Waals surface area contributed by atoms with E-state index in [4.69, 9.17) is 10.1 Å². The molecule has 1 aromatic heterocycles. The van der Waals surface area contributed by atoms with Gasteiger partial charge < -0.3 is 31.1 Å². The first-order chi connectivity index (χ1) is 19.2. The third-order valence-corrected chi connectivity index (χ3v) is 6.35. The van der Waals surface area contributed by atoms with Crippen molar-refractivity contribution in [2.45, 2.75) is 50.7 Å². The van der Waals surface area contributed by atoms with Crippen molar-refractivity contribution in [2.75, 3.05) is 7.11 Å². The lowest BCUT2D eigenvalue weighted by Crippen LogP contribution is -2.56. The molecule has 0 unspecified atom stereocenters. The number of carbonyl (C=O) groups is 5. The van der Waals surface area contributed by atoms with Gasteiger partial charge >= 0.3 is 5.97 Å². The Hall–Kier alpha value is -4.80. The Labute approximate surface area is 231 Å². The van der Waals surface area contributed by atoms with Crippen molar-refractivity contribution >= 4 is 46.6 Å². The fourth-order valence-electron chi connectivity index (χ4n) is 4.33. The number of benzene rings is 2. The Kier molecular flexibility index (Phi) is 10.7. The lowest BCUT2D eigenvalue weighted by Gasteiger charge is -2.24. The highest BCUT2D eigenvalue weighted by atomic mass is 16.5. The standard InChI is InChI=1S/C29H33N5O6/c1-18(35)32-25(15-20-17-31-23-11-7-6-10-22(20)23)28(38)33-24(13-12-21(36)16-30)27(37)34-26(29(39)40-2)14-19-8-4-3-5-9-19/h3-11,16-17,24-26,30-31H,12-15H2,1-2H3,(H,32,35)(H,33,38)(H,34,37)/t24-,25-,26-/m0/s1. The Balaban J connectivity index is 1.81. The lowest BCUT2D eigenvalue weighted by atomic mass is 10.0. The second kappa shape index (κ2) is 14.4. The van der Waals surface area contributed by atoms with Crippen LogP contribution in [0, 0.1) is 5.41 Å². The Morgan fingerprint density at radius 3 is 2.20 bits per heavy atom. The second-order valence-electron chi connectivity index (χ2n) is 9.30. The normalized spacial score (nSPS) is 12.9. The summed E-state index contributed by atoms with van der Waals surface area (Å²) in [5, 5.41) is 15.9. The predicted octanol–water partition coefficient (Wildman–Crippen LogP) is 1.60. The van der Waals surface area contributed by atoms with Crippen LogP contribution < -0.4 is 16.0 Å². The molecule has 40 heavy (non-hydrogen) atoms. The maximum Gasteiger partial charge on any atom is 0.328 e. The van der Waals surface area contributed by atoms with Gasteiger partial charge in [-0.2, -0.15) is 0 Å². The van der Waals surface area contributed by atoms with Crippen LogP contribution in [0.3, 0.4) is 0 Å². The van der Waals surface area contributed by atoms with Gasteiger partial charge in [0.15, 0.2) is 5.78 Å². The van der Waals surface area contributed by atoms with E-state index >= 15 is 0 Å². The van der Waals surface area contributed by atoms with Gasteiger partial charge in [-0.3, -0.25) is 19.2 Å². The number of H-pyrrole nitrogens is 1. The largest absolute Gasteiger partial charge is 0.467 e. The molecule has 0 spiro atoms. The van der Waals surface area contributed by atoms with Gasteiger partial charge in [0.1, 0.15) is 18.1 Å². The molecule has 11 nitrogen and oxygen atoms in total. The Bertz CT molecular complexity index is 1370. The van der Waals surface area contributed by atoms with E-state index in [0.717, 1.165) is 22.0 Å². The topological polar surface area (TPSA) is 170 Å². The molecule has 5 N–H and O–H groups in total. The summed E-state index contributed by atoms with van der Waals surface area (Å²) in [6.07, 6.45) is 2.38. The van der Waals surface area contributed by atoms with E-state index < -0.39 is 47.6 Å². The quantitative estimate of drug-likeness (QED) is 0.152. The van der Waals surface area contributed by atoms with Gasteiger partial charge in [0.25, 0.3) is 0 Å². The molecule has 210 valence electrons. The first-order valence-corrected chi connectivity index (χ1v) is 12.8. The molecular weight excluding hydrogens is 514 g/mol. The monoisotopic (exact) mass is 547 g/mol. The molecule has 0 aliphatic rings. The molecule has 3 rings (SSSR count). The van der Waals surface area contributed by atoms with E-state index in [1.54, 1.807) is 30.5 Å². The van der Waals surface area contributed by atoms with E-state index in [0.29, 0.717) is 6.21 Å². The van der Waals surface area contributed by atoms with Gasteiger partial charge in [0, 0.05) is 43.3 Å². The summed E-state index contributed by atoms with van der Waals surface area (Å²) in [4.78, 5) is 66.1. The van der Waals surface area contributed by atoms with E-state index in [1.165, 1.54) is 14.0 Å². The van der Waals surface area contributed by atoms with Gasteiger partial charge in [-0.05, 0) is 23.6 Å². The first-order valence-electron chi connectivity index (χ1n) is 12.8. The minimum atomic E-state index is -1.22. The molecule has 0 aliphatic carbocycles. The summed E-state index contributed by atoms with van der Waals surface area (Å²) in [6.45, 7) is 1.28. The van der Waals surface area contributed by atoms with Crippen molar-refractivity contribution in [3.63, 3.8) is 0 Å². The van der Waals surface area contributed by atoms with Crippen LogP contribution in [0.25, 0.3) is 10.9 Å². The molecule has 0 saturated carbocycles. The lowest BCUT2D eigenvalue weighted by molar-refractivity contribution is -0.145. The summed E-state index contributed by atoms with van der Waals surface area (Å²) < 4.78 is 4.86. The van der Waals surface area contributed by atoms with Crippen LogP contribution in [0.5, 0.6) is 0 Å². The molecule has 0 fully saturated rings. The molecule has 3 aromatic rings. The van der Waals surface area contributed by atoms with Crippen LogP contribution in [0.2, 0.25) is 0 Å². The van der Waals surface area contributed by atoms with E-state index in [2.05, 4.69) is 20.9 Å². The number of hydrogen-bond donors (Lipinski definition) is 5. The zero-order valence-corrected chi connectivity index (χ0v) is 22.4. The van der Waals surface area contributed by atoms with E-state index in [1.807, 2.05) is 30.3 Å². The molecule has 1 heterocycles. The number of hydrogen-bond acceptors (Lipinski definition) is 7. The number of para-hydroxylation sites is 1. The zero-order valence-electron chi connectivity index (χ0n) is 22.4. The maximum absolute atomic E-state index is 13.4. The number of carbonyl (C=O) groups excluding carboxylic acids is 5. The highest BCUT2D eigenvalue weighted by Crippen LogP contribution is 2.19. The Morgan fingerprint density at radius 2 is 1.52 bits per heavy atom. The van der Waals surface area contributed by atoms with Crippen LogP contribution in [0.1, 0.15) is 30.9 Å². The number of fused-ring (bicyclic) bond motifs is 1. The average molecular weight is 548 g/mol. The van der Waals surface area contributed by atoms with Gasteiger partial charge in [-0.25, -0.2) is 4.79 Å². The van der Waals surface area contributed by atoms with Crippen LogP contribution in [-0.4, -0.2) is 65.9 Å². The predicted molar refractivity (Wildman–Crippen MR) is 149 cm³/mol. The average Bonchev–Trinajstić information content (AvgIpc) is 3.36. The number of aromatic nitrogens is 1. The van der Waals surface area contributed by atoms with Gasteiger partial charge in [0.2, 0.25) is 17.7 Å². The van der Waals surface area contributed by atoms with Gasteiger partial charge in [0.05, 0.1) is 13.3 Å². The fourth-order valence-corrected chi connectivity index (χ4v) is 4.33. The molecule has 2 aromatic carbocycles. The fraction of sp³-hybridized carbons (Fsp3) is 0.310. The molecule has 0 aliphatic heterocycles. The summed E-state index contributed by atoms with van der Waals surface area (Å²) in [7, 11) is 1.21. The summed E-state index contributed by atoms with van der Waals surface area (Å²) in [5.41, 5.74) is 2.44. The Morgan fingerprint density at radius 1 is 0.875 bits per heavy atom. The molecule has 3 atom stereocenters. The number of ether oxygens (including phenoxy) is 1. The van der Waals surface area contributed by atoms with Crippen molar-refractivity contribution < 1.29 is 28.7 Å². The number of Topliss-reactive ketones (excluding diaryl/α,β-unsaturated/α-hetero) is 1. The summed E-state index contributed by atoms with van der Waals surface area (Å²) in [5.74, 6) is -2.98. The third-order valence-electron chi connectivity index (χ3n) is 6.35. The van der Waals surface area contributed by atoms with Crippen molar-refractivity contribution in [3.8, 4) is 0 Å². The smallest absolute Gasteiger partial charge is 0.328 e. The second-order valence-corrected chi connectivity index (χ2v) is 9.30. The minimum Gasteiger partial charge on any atom is -0.467 e. The molecule has 0 bridgehead atoms. The van der Waals surface area contributed by atoms with E-state index in [-0.39, 0.29) is 25.7 Å². The highest BCUT2D eigenvalue weighted by Gasteiger charge is 2.30. The van der Waals surface area contributed by atoms with Gasteiger partial charge in [-0.15, -0.1) is 0 Å². The molecule has 0 radical (unpaired) electrons. The third kappa shape index (κ3) is 8.35. The number of esters is 1. The molecule has 11 heteroatoms. The minimum absolute atomic E-state index is 0.120. The molecule has 0 saturated heterocycles. The summed E-state index contributed by atoms with van der Waals surface area (Å²) >= 11 is 0. The van der Waals surface area contributed by atoms with Crippen molar-refractivity contribution in [2.24, 2.45) is 0 Å². The SMILES string of the molecule is COC(=O)[C@H](Cc1ccccc1)NC(=O)[C@H](CCC(=O)C=N)NC(=O)[C@H](Cc1c[nH]c2ccccc12)NC(C)=O.